The van der Waals surface area contributed by atoms with E-state index in [1.165, 1.54) is 6.20 Å². The number of hydrogen-bond donors (Lipinski definition) is 0. The van der Waals surface area contributed by atoms with Gasteiger partial charge in [0.05, 0.1) is 5.56 Å². The van der Waals surface area contributed by atoms with Crippen molar-refractivity contribution >= 4 is 45.6 Å². The fourth-order valence-corrected chi connectivity index (χ4v) is 2.63. The Morgan fingerprint density at radius 2 is 1.64 bits per heavy atom. The lowest BCUT2D eigenvalue weighted by atomic mass is 10.1. The number of carbonyl (C=O) groups excluding carboxylic acids is 1. The Morgan fingerprint density at radius 1 is 1.00 bits per heavy atom. The molecule has 0 atom stereocenters. The predicted octanol–water partition coefficient (Wildman–Crippen LogP) is 4.82. The molecule has 0 spiro atoms. The van der Waals surface area contributed by atoms with Crippen LogP contribution in [0.2, 0.25) is 10.2 Å². The third kappa shape index (κ3) is 2.65. The number of rotatable bonds is 2. The molecule has 0 saturated carbocycles. The first-order valence-corrected chi connectivity index (χ1v) is 7.40. The predicted molar refractivity (Wildman–Crippen MR) is 90.9 cm³/mol. The van der Waals surface area contributed by atoms with Gasteiger partial charge in [-0.1, -0.05) is 47.5 Å². The number of benzene rings is 2. The fourth-order valence-electron chi connectivity index (χ4n) is 2.29. The molecule has 0 bridgehead atoms. The average molecular weight is 331 g/mol. The van der Waals surface area contributed by atoms with Crippen LogP contribution < -0.4 is 4.90 Å². The second kappa shape index (κ2) is 5.95. The van der Waals surface area contributed by atoms with Crippen LogP contribution in [0.3, 0.4) is 0 Å². The summed E-state index contributed by atoms with van der Waals surface area (Å²) in [5.41, 5.74) is 1.27. The van der Waals surface area contributed by atoms with E-state index >= 15 is 0 Å². The Bertz CT molecular complexity index is 847. The van der Waals surface area contributed by atoms with Crippen molar-refractivity contribution in [3.8, 4) is 0 Å². The van der Waals surface area contributed by atoms with Gasteiger partial charge in [0.1, 0.15) is 5.15 Å². The van der Waals surface area contributed by atoms with Gasteiger partial charge in [-0.15, -0.1) is 0 Å². The van der Waals surface area contributed by atoms with Crippen LogP contribution in [0.4, 0.5) is 5.69 Å². The summed E-state index contributed by atoms with van der Waals surface area (Å²) < 4.78 is 0. The molecule has 0 aliphatic heterocycles. The van der Waals surface area contributed by atoms with Gasteiger partial charge in [0.15, 0.2) is 0 Å². The third-order valence-electron chi connectivity index (χ3n) is 3.50. The number of hydrogen-bond acceptors (Lipinski definition) is 2. The Kier molecular flexibility index (Phi) is 4.01. The summed E-state index contributed by atoms with van der Waals surface area (Å²) in [6.45, 7) is 0. The van der Waals surface area contributed by atoms with Gasteiger partial charge in [-0.2, -0.15) is 0 Å². The van der Waals surface area contributed by atoms with Gasteiger partial charge in [-0.25, -0.2) is 4.98 Å². The van der Waals surface area contributed by atoms with Crippen molar-refractivity contribution in [2.24, 2.45) is 0 Å². The normalized spacial score (nSPS) is 10.7. The molecule has 110 valence electrons. The van der Waals surface area contributed by atoms with Crippen LogP contribution >= 0.6 is 23.2 Å². The van der Waals surface area contributed by atoms with Gasteiger partial charge in [0.2, 0.25) is 0 Å². The zero-order valence-electron chi connectivity index (χ0n) is 11.8. The lowest BCUT2D eigenvalue weighted by molar-refractivity contribution is 0.0994. The summed E-state index contributed by atoms with van der Waals surface area (Å²) in [6, 6.07) is 14.6. The van der Waals surface area contributed by atoms with Crippen LogP contribution in [-0.2, 0) is 0 Å². The van der Waals surface area contributed by atoms with Crippen molar-refractivity contribution in [2.45, 2.75) is 0 Å². The maximum atomic E-state index is 12.8. The number of pyridine rings is 1. The van der Waals surface area contributed by atoms with E-state index in [1.807, 2.05) is 24.3 Å². The number of aromatic nitrogens is 1. The third-order valence-corrected chi connectivity index (χ3v) is 4.05. The van der Waals surface area contributed by atoms with Crippen molar-refractivity contribution in [3.63, 3.8) is 0 Å². The molecular weight excluding hydrogens is 319 g/mol. The van der Waals surface area contributed by atoms with Crippen molar-refractivity contribution < 1.29 is 4.79 Å². The summed E-state index contributed by atoms with van der Waals surface area (Å²) in [6.07, 6.45) is 1.51. The van der Waals surface area contributed by atoms with Crippen molar-refractivity contribution in [1.29, 1.82) is 0 Å². The highest BCUT2D eigenvalue weighted by Gasteiger charge is 2.17. The molecule has 1 aromatic heterocycles. The molecule has 3 aromatic rings. The molecule has 5 heteroatoms. The van der Waals surface area contributed by atoms with Crippen molar-refractivity contribution in [2.75, 3.05) is 11.9 Å². The Balaban J connectivity index is 2.05. The molecule has 0 radical (unpaired) electrons. The lowest BCUT2D eigenvalue weighted by Gasteiger charge is -2.18. The maximum Gasteiger partial charge on any atom is 0.260 e. The minimum atomic E-state index is -0.150. The highest BCUT2D eigenvalue weighted by Crippen LogP contribution is 2.26. The van der Waals surface area contributed by atoms with Crippen molar-refractivity contribution in [3.05, 3.63) is 70.5 Å². The van der Waals surface area contributed by atoms with Crippen LogP contribution in [0.25, 0.3) is 10.8 Å². The highest BCUT2D eigenvalue weighted by molar-refractivity contribution is 6.35. The summed E-state index contributed by atoms with van der Waals surface area (Å²) in [4.78, 5) is 18.4. The summed E-state index contributed by atoms with van der Waals surface area (Å²) in [5, 5.41) is 2.57. The first-order chi connectivity index (χ1) is 10.6. The van der Waals surface area contributed by atoms with Gasteiger partial charge >= 0.3 is 0 Å². The molecule has 0 unspecified atom stereocenters. The molecule has 1 amide bonds. The van der Waals surface area contributed by atoms with Gasteiger partial charge in [0.25, 0.3) is 5.91 Å². The number of carbonyl (C=O) groups is 1. The molecule has 1 heterocycles. The largest absolute Gasteiger partial charge is 0.311 e. The van der Waals surface area contributed by atoms with Crippen LogP contribution in [0, 0.1) is 0 Å². The molecule has 22 heavy (non-hydrogen) atoms. The monoisotopic (exact) mass is 330 g/mol. The zero-order valence-corrected chi connectivity index (χ0v) is 13.3. The zero-order chi connectivity index (χ0) is 15.7. The SMILES string of the molecule is CN(C(=O)c1cnc(Cl)c2ccccc12)c1ccc(Cl)cc1. The Hall–Kier alpha value is -2.10. The van der Waals surface area contributed by atoms with E-state index in [2.05, 4.69) is 4.98 Å². The van der Waals surface area contributed by atoms with Gasteiger partial charge in [0, 0.05) is 29.3 Å². The quantitative estimate of drug-likeness (QED) is 0.631. The molecule has 3 nitrogen and oxygen atoms in total. The van der Waals surface area contributed by atoms with E-state index in [4.69, 9.17) is 23.2 Å². The summed E-state index contributed by atoms with van der Waals surface area (Å²) in [5.74, 6) is -0.150. The second-order valence-corrected chi connectivity index (χ2v) is 5.64. The van der Waals surface area contributed by atoms with Crippen LogP contribution in [0.1, 0.15) is 10.4 Å². The molecule has 0 saturated heterocycles. The summed E-state index contributed by atoms with van der Waals surface area (Å²) in [7, 11) is 1.72. The van der Waals surface area contributed by atoms with E-state index in [0.717, 1.165) is 16.5 Å². The first kappa shape index (κ1) is 14.8. The first-order valence-electron chi connectivity index (χ1n) is 6.65. The molecule has 2 aromatic carbocycles. The number of nitrogens with zero attached hydrogens (tertiary/aromatic N) is 2. The molecule has 0 aliphatic carbocycles. The van der Waals surface area contributed by atoms with Gasteiger partial charge < -0.3 is 4.90 Å². The molecule has 0 aliphatic rings. The smallest absolute Gasteiger partial charge is 0.260 e. The minimum absolute atomic E-state index is 0.150. The maximum absolute atomic E-state index is 12.8. The topological polar surface area (TPSA) is 33.2 Å². The highest BCUT2D eigenvalue weighted by atomic mass is 35.5. The van der Waals surface area contributed by atoms with Gasteiger partial charge in [-0.05, 0) is 29.7 Å². The van der Waals surface area contributed by atoms with Gasteiger partial charge in [-0.3, -0.25) is 4.79 Å². The number of amides is 1. The van der Waals surface area contributed by atoms with E-state index in [-0.39, 0.29) is 5.91 Å². The Morgan fingerprint density at radius 3 is 2.32 bits per heavy atom. The number of fused-ring (bicyclic) bond motifs is 1. The summed E-state index contributed by atoms with van der Waals surface area (Å²) >= 11 is 12.0. The van der Waals surface area contributed by atoms with Crippen LogP contribution in [-0.4, -0.2) is 17.9 Å². The molecule has 3 rings (SSSR count). The number of anilines is 1. The second-order valence-electron chi connectivity index (χ2n) is 4.85. The van der Waals surface area contributed by atoms with E-state index in [1.54, 1.807) is 36.2 Å². The van der Waals surface area contributed by atoms with Crippen LogP contribution in [0.5, 0.6) is 0 Å². The minimum Gasteiger partial charge on any atom is -0.311 e. The fraction of sp³-hybridized carbons (Fsp3) is 0.0588. The standard InChI is InChI=1S/C17H12Cl2N2O/c1-21(12-8-6-11(18)7-9-12)17(22)15-10-20-16(19)14-5-3-2-4-13(14)15/h2-10H,1H3. The van der Waals surface area contributed by atoms with E-state index < -0.39 is 0 Å². The van der Waals surface area contributed by atoms with E-state index in [0.29, 0.717) is 15.7 Å². The average Bonchev–Trinajstić information content (AvgIpc) is 2.55. The lowest BCUT2D eigenvalue weighted by Crippen LogP contribution is -2.26. The van der Waals surface area contributed by atoms with Crippen LogP contribution in [0.15, 0.2) is 54.7 Å². The number of halogens is 2. The Labute approximate surface area is 138 Å². The molecular formula is C17H12Cl2N2O. The molecule has 0 N–H and O–H groups in total. The van der Waals surface area contributed by atoms with Crippen molar-refractivity contribution in [1.82, 2.24) is 4.98 Å². The van der Waals surface area contributed by atoms with E-state index in [9.17, 15) is 4.79 Å². The molecule has 0 fully saturated rings.